The highest BCUT2D eigenvalue weighted by molar-refractivity contribution is 5.99. The largest absolute Gasteiger partial charge is 0.480 e. The normalized spacial score (nSPS) is 17.6. The number of nitrogens with one attached hydrogen (secondary N) is 1. The SMILES string of the molecule is CC(C)(C)c1ccc(Oc2ccc3cc(C(=O)N[C@H](C(=O)O)C4CCCCC4)nc(CC4CCCC4)c3c2)cc1. The maximum Gasteiger partial charge on any atom is 0.326 e. The Morgan fingerprint density at radius 2 is 1.57 bits per heavy atom. The van der Waals surface area contributed by atoms with E-state index in [0.29, 0.717) is 5.92 Å². The maximum absolute atomic E-state index is 13.4. The highest BCUT2D eigenvalue weighted by Gasteiger charge is 2.31. The molecule has 0 aliphatic heterocycles. The molecule has 212 valence electrons. The van der Waals surface area contributed by atoms with Gasteiger partial charge in [0.25, 0.3) is 5.91 Å². The second-order valence-corrected chi connectivity index (χ2v) is 12.8. The Bertz CT molecular complexity index is 1350. The van der Waals surface area contributed by atoms with Crippen molar-refractivity contribution in [1.29, 1.82) is 0 Å². The Balaban J connectivity index is 1.43. The van der Waals surface area contributed by atoms with Gasteiger partial charge in [0, 0.05) is 11.1 Å². The van der Waals surface area contributed by atoms with Crippen molar-refractivity contribution in [2.24, 2.45) is 11.8 Å². The molecule has 1 heterocycles. The number of rotatable bonds is 8. The number of hydrogen-bond acceptors (Lipinski definition) is 4. The van der Waals surface area contributed by atoms with Crippen LogP contribution < -0.4 is 10.1 Å². The predicted octanol–water partition coefficient (Wildman–Crippen LogP) is 7.82. The van der Waals surface area contributed by atoms with Crippen LogP contribution in [0.15, 0.2) is 48.5 Å². The van der Waals surface area contributed by atoms with Crippen LogP contribution in [0.3, 0.4) is 0 Å². The molecule has 2 saturated carbocycles. The first-order valence-electron chi connectivity index (χ1n) is 14.9. The van der Waals surface area contributed by atoms with E-state index in [1.165, 1.54) is 31.2 Å². The second kappa shape index (κ2) is 12.0. The molecule has 2 aliphatic rings. The van der Waals surface area contributed by atoms with Gasteiger partial charge in [-0.05, 0) is 77.8 Å². The first-order valence-corrected chi connectivity index (χ1v) is 14.9. The van der Waals surface area contributed by atoms with E-state index in [1.54, 1.807) is 6.07 Å². The predicted molar refractivity (Wildman–Crippen MR) is 158 cm³/mol. The molecule has 6 nitrogen and oxygen atoms in total. The lowest BCUT2D eigenvalue weighted by atomic mass is 9.84. The molecule has 0 unspecified atom stereocenters. The van der Waals surface area contributed by atoms with E-state index in [9.17, 15) is 14.7 Å². The van der Waals surface area contributed by atoms with Gasteiger partial charge in [-0.3, -0.25) is 4.79 Å². The van der Waals surface area contributed by atoms with Gasteiger partial charge in [-0.1, -0.05) is 83.9 Å². The molecule has 2 aromatic carbocycles. The molecule has 0 bridgehead atoms. The molecule has 5 rings (SSSR count). The molecular weight excluding hydrogens is 500 g/mol. The number of aliphatic carboxylic acids is 1. The van der Waals surface area contributed by atoms with Crippen molar-refractivity contribution in [3.63, 3.8) is 0 Å². The number of ether oxygens (including phenoxy) is 1. The fourth-order valence-corrected chi connectivity index (χ4v) is 6.34. The number of amides is 1. The Hall–Kier alpha value is -3.41. The number of benzene rings is 2. The van der Waals surface area contributed by atoms with Gasteiger partial charge in [-0.15, -0.1) is 0 Å². The van der Waals surface area contributed by atoms with E-state index in [-0.39, 0.29) is 17.0 Å². The van der Waals surface area contributed by atoms with Crippen LogP contribution in [-0.4, -0.2) is 28.0 Å². The number of carbonyl (C=O) groups excluding carboxylic acids is 1. The van der Waals surface area contributed by atoms with Crippen LogP contribution in [0.25, 0.3) is 10.8 Å². The van der Waals surface area contributed by atoms with Gasteiger partial charge < -0.3 is 15.2 Å². The summed E-state index contributed by atoms with van der Waals surface area (Å²) in [6.07, 6.45) is 10.4. The van der Waals surface area contributed by atoms with Crippen LogP contribution in [0.2, 0.25) is 0 Å². The lowest BCUT2D eigenvalue weighted by Gasteiger charge is -2.28. The van der Waals surface area contributed by atoms with Crippen molar-refractivity contribution in [1.82, 2.24) is 10.3 Å². The number of pyridine rings is 1. The number of carbonyl (C=O) groups is 2. The van der Waals surface area contributed by atoms with E-state index >= 15 is 0 Å². The summed E-state index contributed by atoms with van der Waals surface area (Å²) in [7, 11) is 0. The van der Waals surface area contributed by atoms with Gasteiger partial charge in [0.1, 0.15) is 23.2 Å². The monoisotopic (exact) mass is 542 g/mol. The van der Waals surface area contributed by atoms with Gasteiger partial charge >= 0.3 is 5.97 Å². The molecule has 0 spiro atoms. The van der Waals surface area contributed by atoms with Crippen molar-refractivity contribution < 1.29 is 19.4 Å². The van der Waals surface area contributed by atoms with Crippen LogP contribution in [0.1, 0.15) is 100 Å². The molecule has 2 N–H and O–H groups in total. The average molecular weight is 543 g/mol. The summed E-state index contributed by atoms with van der Waals surface area (Å²) in [6.45, 7) is 6.58. The van der Waals surface area contributed by atoms with E-state index < -0.39 is 17.9 Å². The summed E-state index contributed by atoms with van der Waals surface area (Å²) in [4.78, 5) is 30.3. The van der Waals surface area contributed by atoms with Crippen LogP contribution >= 0.6 is 0 Å². The molecule has 1 amide bonds. The minimum Gasteiger partial charge on any atom is -0.480 e. The zero-order valence-corrected chi connectivity index (χ0v) is 24.0. The Kier molecular flexibility index (Phi) is 8.43. The van der Waals surface area contributed by atoms with Crippen molar-refractivity contribution in [2.75, 3.05) is 0 Å². The number of carboxylic acid groups (broad SMARTS) is 1. The van der Waals surface area contributed by atoms with Crippen molar-refractivity contribution in [3.8, 4) is 11.5 Å². The average Bonchev–Trinajstić information content (AvgIpc) is 3.45. The number of carboxylic acids is 1. The molecule has 1 aromatic heterocycles. The third kappa shape index (κ3) is 6.65. The third-order valence-electron chi connectivity index (χ3n) is 8.70. The number of hydrogen-bond donors (Lipinski definition) is 2. The summed E-state index contributed by atoms with van der Waals surface area (Å²) in [5.41, 5.74) is 2.50. The number of nitrogens with zero attached hydrogens (tertiary/aromatic N) is 1. The fraction of sp³-hybridized carbons (Fsp3) is 0.500. The van der Waals surface area contributed by atoms with Gasteiger partial charge in [0.2, 0.25) is 0 Å². The van der Waals surface area contributed by atoms with Crippen LogP contribution in [0, 0.1) is 11.8 Å². The highest BCUT2D eigenvalue weighted by Crippen LogP contribution is 2.34. The Labute approximate surface area is 237 Å². The number of fused-ring (bicyclic) bond motifs is 1. The Morgan fingerprint density at radius 3 is 2.23 bits per heavy atom. The summed E-state index contributed by atoms with van der Waals surface area (Å²) in [5.74, 6) is 0.627. The molecule has 2 aliphatic carbocycles. The van der Waals surface area contributed by atoms with Crippen LogP contribution in [-0.2, 0) is 16.6 Å². The fourth-order valence-electron chi connectivity index (χ4n) is 6.34. The first kappa shape index (κ1) is 28.1. The summed E-state index contributed by atoms with van der Waals surface area (Å²) >= 11 is 0. The lowest BCUT2D eigenvalue weighted by Crippen LogP contribution is -2.46. The maximum atomic E-state index is 13.4. The number of aromatic nitrogens is 1. The molecule has 0 radical (unpaired) electrons. The zero-order valence-electron chi connectivity index (χ0n) is 24.0. The Morgan fingerprint density at radius 1 is 0.925 bits per heavy atom. The van der Waals surface area contributed by atoms with Crippen molar-refractivity contribution in [2.45, 2.75) is 96.4 Å². The quantitative estimate of drug-likeness (QED) is 0.303. The van der Waals surface area contributed by atoms with Crippen molar-refractivity contribution in [3.05, 3.63) is 65.5 Å². The molecule has 3 aromatic rings. The summed E-state index contributed by atoms with van der Waals surface area (Å²) < 4.78 is 6.23. The van der Waals surface area contributed by atoms with Gasteiger partial charge in [0.05, 0.1) is 0 Å². The minimum absolute atomic E-state index is 0.0363. The van der Waals surface area contributed by atoms with E-state index in [4.69, 9.17) is 9.72 Å². The topological polar surface area (TPSA) is 88.5 Å². The summed E-state index contributed by atoms with van der Waals surface area (Å²) in [5, 5.41) is 14.6. The molecule has 1 atom stereocenters. The lowest BCUT2D eigenvalue weighted by molar-refractivity contribution is -0.141. The molecular formula is C34H42N2O4. The second-order valence-electron chi connectivity index (χ2n) is 12.8. The van der Waals surface area contributed by atoms with E-state index in [2.05, 4.69) is 38.2 Å². The van der Waals surface area contributed by atoms with E-state index in [1.807, 2.05) is 30.3 Å². The van der Waals surface area contributed by atoms with Gasteiger partial charge in [-0.25, -0.2) is 9.78 Å². The van der Waals surface area contributed by atoms with Crippen LogP contribution in [0.4, 0.5) is 0 Å². The van der Waals surface area contributed by atoms with Crippen molar-refractivity contribution >= 4 is 22.6 Å². The molecule has 40 heavy (non-hydrogen) atoms. The highest BCUT2D eigenvalue weighted by atomic mass is 16.5. The summed E-state index contributed by atoms with van der Waals surface area (Å²) in [6, 6.07) is 15.0. The van der Waals surface area contributed by atoms with E-state index in [0.717, 1.165) is 66.5 Å². The standard InChI is InChI=1S/C34H42N2O4/c1-34(2,3)25-14-17-26(18-15-25)40-27-16-13-24-20-30(35-29(28(24)21-27)19-22-9-7-8-10-22)32(37)36-31(33(38)39)23-11-5-4-6-12-23/h13-18,20-23,31H,4-12,19H2,1-3H3,(H,36,37)(H,38,39)/t31-/m0/s1. The molecule has 0 saturated heterocycles. The van der Waals surface area contributed by atoms with Gasteiger partial charge in [0.15, 0.2) is 0 Å². The first-order chi connectivity index (χ1) is 19.2. The molecule has 2 fully saturated rings. The van der Waals surface area contributed by atoms with Gasteiger partial charge in [-0.2, -0.15) is 0 Å². The minimum atomic E-state index is -0.968. The smallest absolute Gasteiger partial charge is 0.326 e. The zero-order chi connectivity index (χ0) is 28.3. The molecule has 6 heteroatoms. The third-order valence-corrected chi connectivity index (χ3v) is 8.70. The van der Waals surface area contributed by atoms with Crippen LogP contribution in [0.5, 0.6) is 11.5 Å².